The van der Waals surface area contributed by atoms with Crippen LogP contribution in [0.2, 0.25) is 0 Å². The molecule has 1 nitrogen and oxygen atoms in total. The predicted molar refractivity (Wildman–Crippen MR) is 49.7 cm³/mol. The molecule has 3 fully saturated rings. The molecule has 0 aliphatic heterocycles. The fraction of sp³-hybridized carbons (Fsp3) is 0.818. The van der Waals surface area contributed by atoms with Gasteiger partial charge in [-0.15, -0.1) is 0 Å². The van der Waals surface area contributed by atoms with E-state index >= 15 is 0 Å². The summed E-state index contributed by atoms with van der Waals surface area (Å²) in [5, 5.41) is 9.11. The highest BCUT2D eigenvalue weighted by atomic mass is 16.3. The van der Waals surface area contributed by atoms with Crippen molar-refractivity contribution in [3.8, 4) is 0 Å². The highest BCUT2D eigenvalue weighted by molar-refractivity contribution is 5.22. The van der Waals surface area contributed by atoms with Gasteiger partial charge in [0.25, 0.3) is 0 Å². The summed E-state index contributed by atoms with van der Waals surface area (Å²) in [4.78, 5) is 0. The van der Waals surface area contributed by atoms with E-state index in [1.807, 2.05) is 0 Å². The topological polar surface area (TPSA) is 20.2 Å². The van der Waals surface area contributed by atoms with Crippen LogP contribution in [-0.2, 0) is 0 Å². The molecule has 1 heteroatoms. The summed E-state index contributed by atoms with van der Waals surface area (Å²) in [5.74, 6) is 1.93. The SMILES string of the molecule is C=C1[C@@H](CO)C[C@H]2C[C@@H]1C2(C)C. The van der Waals surface area contributed by atoms with Gasteiger partial charge in [-0.05, 0) is 30.1 Å². The van der Waals surface area contributed by atoms with Gasteiger partial charge < -0.3 is 5.11 Å². The van der Waals surface area contributed by atoms with Crippen LogP contribution in [0.4, 0.5) is 0 Å². The largest absolute Gasteiger partial charge is 0.396 e. The van der Waals surface area contributed by atoms with E-state index in [0.29, 0.717) is 23.9 Å². The first kappa shape index (κ1) is 8.31. The number of aliphatic hydroxyl groups excluding tert-OH is 1. The second-order valence-corrected chi connectivity index (χ2v) is 5.00. The van der Waals surface area contributed by atoms with Crippen LogP contribution in [0, 0.1) is 23.2 Å². The molecule has 3 aliphatic rings. The Labute approximate surface area is 74.5 Å². The van der Waals surface area contributed by atoms with E-state index in [4.69, 9.17) is 5.11 Å². The molecular formula is C11H18O. The van der Waals surface area contributed by atoms with Gasteiger partial charge in [-0.1, -0.05) is 26.0 Å². The summed E-state index contributed by atoms with van der Waals surface area (Å²) in [6, 6.07) is 0. The van der Waals surface area contributed by atoms with Crippen molar-refractivity contribution in [3.63, 3.8) is 0 Å². The van der Waals surface area contributed by atoms with Crippen LogP contribution >= 0.6 is 0 Å². The Balaban J connectivity index is 2.17. The fourth-order valence-corrected chi connectivity index (χ4v) is 3.02. The van der Waals surface area contributed by atoms with Crippen LogP contribution in [0.25, 0.3) is 0 Å². The fourth-order valence-electron chi connectivity index (χ4n) is 3.02. The van der Waals surface area contributed by atoms with E-state index in [2.05, 4.69) is 20.4 Å². The maximum Gasteiger partial charge on any atom is 0.0496 e. The molecule has 2 bridgehead atoms. The third kappa shape index (κ3) is 0.832. The number of aliphatic hydroxyl groups is 1. The maximum absolute atomic E-state index is 9.11. The highest BCUT2D eigenvalue weighted by Gasteiger charge is 2.54. The molecule has 68 valence electrons. The molecule has 0 aromatic heterocycles. The van der Waals surface area contributed by atoms with Gasteiger partial charge in [-0.3, -0.25) is 0 Å². The summed E-state index contributed by atoms with van der Waals surface area (Å²) in [6.45, 7) is 9.10. The van der Waals surface area contributed by atoms with Crippen molar-refractivity contribution in [1.29, 1.82) is 0 Å². The lowest BCUT2D eigenvalue weighted by molar-refractivity contribution is -0.0546. The third-order valence-electron chi connectivity index (χ3n) is 4.23. The van der Waals surface area contributed by atoms with E-state index < -0.39 is 0 Å². The zero-order chi connectivity index (χ0) is 8.93. The minimum Gasteiger partial charge on any atom is -0.396 e. The molecule has 3 saturated carbocycles. The Bertz CT molecular complexity index is 217. The number of hydrogen-bond acceptors (Lipinski definition) is 1. The van der Waals surface area contributed by atoms with E-state index in [1.54, 1.807) is 0 Å². The molecule has 0 saturated heterocycles. The average molecular weight is 166 g/mol. The second-order valence-electron chi connectivity index (χ2n) is 5.00. The van der Waals surface area contributed by atoms with Crippen LogP contribution in [0.3, 0.4) is 0 Å². The molecule has 12 heavy (non-hydrogen) atoms. The predicted octanol–water partition coefficient (Wildman–Crippen LogP) is 2.22. The molecule has 0 aromatic rings. The van der Waals surface area contributed by atoms with Gasteiger partial charge in [0.2, 0.25) is 0 Å². The normalized spacial score (nSPS) is 43.9. The Morgan fingerprint density at radius 1 is 1.50 bits per heavy atom. The van der Waals surface area contributed by atoms with Crippen molar-refractivity contribution in [2.75, 3.05) is 6.61 Å². The van der Waals surface area contributed by atoms with Gasteiger partial charge in [0.1, 0.15) is 0 Å². The van der Waals surface area contributed by atoms with E-state index in [9.17, 15) is 0 Å². The van der Waals surface area contributed by atoms with Crippen LogP contribution in [0.1, 0.15) is 26.7 Å². The van der Waals surface area contributed by atoms with Gasteiger partial charge in [0.15, 0.2) is 0 Å². The molecular weight excluding hydrogens is 148 g/mol. The first-order chi connectivity index (χ1) is 5.57. The molecule has 3 atom stereocenters. The molecule has 0 spiro atoms. The smallest absolute Gasteiger partial charge is 0.0496 e. The van der Waals surface area contributed by atoms with Crippen molar-refractivity contribution in [2.45, 2.75) is 26.7 Å². The summed E-state index contributed by atoms with van der Waals surface area (Å²) < 4.78 is 0. The van der Waals surface area contributed by atoms with Crippen molar-refractivity contribution < 1.29 is 5.11 Å². The van der Waals surface area contributed by atoms with Gasteiger partial charge >= 0.3 is 0 Å². The lowest BCUT2D eigenvalue weighted by Gasteiger charge is -2.59. The van der Waals surface area contributed by atoms with Gasteiger partial charge in [-0.25, -0.2) is 0 Å². The lowest BCUT2D eigenvalue weighted by atomic mass is 9.45. The first-order valence-electron chi connectivity index (χ1n) is 4.87. The van der Waals surface area contributed by atoms with Crippen LogP contribution in [0.5, 0.6) is 0 Å². The van der Waals surface area contributed by atoms with Crippen LogP contribution in [0.15, 0.2) is 12.2 Å². The number of hydrogen-bond donors (Lipinski definition) is 1. The molecule has 0 unspecified atom stereocenters. The second kappa shape index (κ2) is 2.35. The quantitative estimate of drug-likeness (QED) is 0.592. The van der Waals surface area contributed by atoms with E-state index in [-0.39, 0.29) is 0 Å². The Morgan fingerprint density at radius 2 is 2.17 bits per heavy atom. The van der Waals surface area contributed by atoms with Crippen molar-refractivity contribution in [3.05, 3.63) is 12.2 Å². The van der Waals surface area contributed by atoms with Crippen LogP contribution < -0.4 is 0 Å². The lowest BCUT2D eigenvalue weighted by Crippen LogP contribution is -2.52. The summed E-state index contributed by atoms with van der Waals surface area (Å²) in [5.41, 5.74) is 1.79. The van der Waals surface area contributed by atoms with Crippen molar-refractivity contribution in [1.82, 2.24) is 0 Å². The Morgan fingerprint density at radius 3 is 2.58 bits per heavy atom. The number of fused-ring (bicyclic) bond motifs is 2. The molecule has 0 aromatic carbocycles. The van der Waals surface area contributed by atoms with Crippen molar-refractivity contribution in [2.24, 2.45) is 23.2 Å². The zero-order valence-electron chi connectivity index (χ0n) is 8.01. The summed E-state index contributed by atoms with van der Waals surface area (Å²) in [7, 11) is 0. The average Bonchev–Trinajstić information content (AvgIpc) is 2.03. The van der Waals surface area contributed by atoms with Crippen LogP contribution in [-0.4, -0.2) is 11.7 Å². The zero-order valence-corrected chi connectivity index (χ0v) is 8.01. The maximum atomic E-state index is 9.11. The molecule has 0 radical (unpaired) electrons. The molecule has 0 amide bonds. The van der Waals surface area contributed by atoms with Gasteiger partial charge in [0.05, 0.1) is 0 Å². The Kier molecular flexibility index (Phi) is 1.63. The molecule has 0 heterocycles. The van der Waals surface area contributed by atoms with Crippen molar-refractivity contribution >= 4 is 0 Å². The summed E-state index contributed by atoms with van der Waals surface area (Å²) >= 11 is 0. The molecule has 3 aliphatic carbocycles. The van der Waals surface area contributed by atoms with E-state index in [0.717, 1.165) is 5.92 Å². The van der Waals surface area contributed by atoms with Gasteiger partial charge in [-0.2, -0.15) is 0 Å². The van der Waals surface area contributed by atoms with E-state index in [1.165, 1.54) is 18.4 Å². The Hall–Kier alpha value is -0.300. The monoisotopic (exact) mass is 166 g/mol. The first-order valence-corrected chi connectivity index (χ1v) is 4.87. The third-order valence-corrected chi connectivity index (χ3v) is 4.23. The minimum absolute atomic E-state index is 0.307. The molecule has 1 N–H and O–H groups in total. The molecule has 3 rings (SSSR count). The highest BCUT2D eigenvalue weighted by Crippen LogP contribution is 2.62. The van der Waals surface area contributed by atoms with Gasteiger partial charge in [0, 0.05) is 12.5 Å². The minimum atomic E-state index is 0.307. The standard InChI is InChI=1S/C11H18O/c1-7-8(6-12)4-9-5-10(7)11(9,2)3/h8-10,12H,1,4-6H2,2-3H3/t8-,9+,10+/m1/s1. The summed E-state index contributed by atoms with van der Waals surface area (Å²) in [6.07, 6.45) is 2.49. The number of rotatable bonds is 1.